The zero-order valence-electron chi connectivity index (χ0n) is 26.8. The molecule has 0 radical (unpaired) electrons. The van der Waals surface area contributed by atoms with Crippen molar-refractivity contribution in [1.82, 2.24) is 9.55 Å². The summed E-state index contributed by atoms with van der Waals surface area (Å²) >= 11 is -1.99. The Morgan fingerprint density at radius 1 is 0.614 bits per heavy atom. The molecular formula is C40H40GeN2O. The summed E-state index contributed by atoms with van der Waals surface area (Å²) in [5.74, 6) is 8.88. The van der Waals surface area contributed by atoms with Crippen LogP contribution in [0.3, 0.4) is 0 Å². The Kier molecular flexibility index (Phi) is 7.05. The van der Waals surface area contributed by atoms with Gasteiger partial charge in [-0.15, -0.1) is 0 Å². The first-order valence-corrected chi connectivity index (χ1v) is 23.1. The van der Waals surface area contributed by atoms with Crippen LogP contribution in [0.25, 0.3) is 61.2 Å². The minimum atomic E-state index is -1.99. The van der Waals surface area contributed by atoms with E-state index in [0.29, 0.717) is 11.8 Å². The summed E-state index contributed by atoms with van der Waals surface area (Å²) in [6, 6.07) is 37.5. The molecule has 0 saturated heterocycles. The summed E-state index contributed by atoms with van der Waals surface area (Å²) in [7, 11) is 0. The van der Waals surface area contributed by atoms with Crippen LogP contribution in [0.15, 0.2) is 108 Å². The van der Waals surface area contributed by atoms with E-state index in [1.54, 1.807) is 0 Å². The number of hydrogen-bond acceptors (Lipinski definition) is 2. The number of fused-ring (bicyclic) bond motifs is 4. The molecule has 0 unspecified atom stereocenters. The van der Waals surface area contributed by atoms with Crippen molar-refractivity contribution in [3.05, 3.63) is 114 Å². The molecule has 0 aliphatic heterocycles. The first-order valence-electron chi connectivity index (χ1n) is 15.8. The van der Waals surface area contributed by atoms with E-state index in [9.17, 15) is 0 Å². The SMILES string of the molecule is CC(C)c1cc(-c2ccccc2)cc(C(C)C)c1-n1c(-c2ccc3oc4c[c]([Ge]([CH3])([CH3])[CH3])ccc4c3c2)nc2ccccc21. The molecule has 0 bridgehead atoms. The van der Waals surface area contributed by atoms with Crippen molar-refractivity contribution < 1.29 is 4.42 Å². The zero-order chi connectivity index (χ0) is 30.7. The Morgan fingerprint density at radius 2 is 1.30 bits per heavy atom. The number of para-hydroxylation sites is 2. The molecule has 0 aliphatic carbocycles. The van der Waals surface area contributed by atoms with Crippen molar-refractivity contribution in [3.8, 4) is 28.2 Å². The summed E-state index contributed by atoms with van der Waals surface area (Å²) in [5.41, 5.74) is 11.5. The molecule has 0 atom stereocenters. The fraction of sp³-hybridized carbons (Fsp3) is 0.225. The van der Waals surface area contributed by atoms with Crippen LogP contribution >= 0.6 is 0 Å². The third kappa shape index (κ3) is 4.88. The molecule has 0 amide bonds. The van der Waals surface area contributed by atoms with E-state index in [0.717, 1.165) is 44.4 Å². The third-order valence-corrected chi connectivity index (χ3v) is 13.2. The van der Waals surface area contributed by atoms with Gasteiger partial charge in [0.1, 0.15) is 0 Å². The van der Waals surface area contributed by atoms with Gasteiger partial charge in [0.2, 0.25) is 0 Å². The van der Waals surface area contributed by atoms with Gasteiger partial charge in [-0.25, -0.2) is 0 Å². The first kappa shape index (κ1) is 28.7. The molecule has 7 rings (SSSR count). The number of furan rings is 1. The van der Waals surface area contributed by atoms with Gasteiger partial charge in [-0.1, -0.05) is 58.0 Å². The van der Waals surface area contributed by atoms with Crippen molar-refractivity contribution >= 4 is 50.6 Å². The molecule has 7 aromatic rings. The zero-order valence-corrected chi connectivity index (χ0v) is 28.9. The molecule has 0 spiro atoms. The average molecular weight is 637 g/mol. The molecule has 0 aliphatic rings. The monoisotopic (exact) mass is 638 g/mol. The van der Waals surface area contributed by atoms with Crippen molar-refractivity contribution in [2.45, 2.75) is 56.8 Å². The van der Waals surface area contributed by atoms with Gasteiger partial charge < -0.3 is 0 Å². The van der Waals surface area contributed by atoms with Crippen LogP contribution in [-0.4, -0.2) is 22.8 Å². The predicted molar refractivity (Wildman–Crippen MR) is 190 cm³/mol. The van der Waals surface area contributed by atoms with Crippen LogP contribution in [0, 0.1) is 0 Å². The van der Waals surface area contributed by atoms with Gasteiger partial charge in [-0.05, 0) is 11.1 Å². The van der Waals surface area contributed by atoms with E-state index < -0.39 is 13.3 Å². The normalized spacial score (nSPS) is 12.4. The summed E-state index contributed by atoms with van der Waals surface area (Å²) < 4.78 is 10.3. The molecule has 0 N–H and O–H groups in total. The fourth-order valence-electron chi connectivity index (χ4n) is 6.44. The van der Waals surface area contributed by atoms with Gasteiger partial charge in [0.15, 0.2) is 0 Å². The molecular weight excluding hydrogens is 597 g/mol. The molecule has 5 aromatic carbocycles. The minimum absolute atomic E-state index is 0.322. The van der Waals surface area contributed by atoms with E-state index in [-0.39, 0.29) is 0 Å². The van der Waals surface area contributed by atoms with Crippen molar-refractivity contribution in [3.63, 3.8) is 0 Å². The van der Waals surface area contributed by atoms with E-state index in [1.807, 2.05) is 0 Å². The van der Waals surface area contributed by atoms with Crippen LogP contribution in [0.4, 0.5) is 0 Å². The van der Waals surface area contributed by atoms with E-state index >= 15 is 0 Å². The topological polar surface area (TPSA) is 31.0 Å². The predicted octanol–water partition coefficient (Wildman–Crippen LogP) is 11.1. The van der Waals surface area contributed by atoms with Gasteiger partial charge in [-0.3, -0.25) is 0 Å². The number of hydrogen-bond donors (Lipinski definition) is 0. The first-order chi connectivity index (χ1) is 21.1. The Hall–Kier alpha value is -4.09. The Labute approximate surface area is 262 Å². The summed E-state index contributed by atoms with van der Waals surface area (Å²) in [6.45, 7) is 9.21. The van der Waals surface area contributed by atoms with Gasteiger partial charge in [0, 0.05) is 0 Å². The number of imidazole rings is 1. The third-order valence-electron chi connectivity index (χ3n) is 8.90. The summed E-state index contributed by atoms with van der Waals surface area (Å²) in [5, 5.41) is 2.30. The van der Waals surface area contributed by atoms with Gasteiger partial charge in [-0.2, -0.15) is 0 Å². The number of rotatable bonds is 6. The van der Waals surface area contributed by atoms with Crippen LogP contribution < -0.4 is 4.40 Å². The van der Waals surface area contributed by atoms with E-state index in [4.69, 9.17) is 9.40 Å². The van der Waals surface area contributed by atoms with Gasteiger partial charge in [0.05, 0.1) is 0 Å². The maximum absolute atomic E-state index is 6.41. The molecule has 3 nitrogen and oxygen atoms in total. The maximum atomic E-state index is 6.41. The fourth-order valence-corrected chi connectivity index (χ4v) is 8.85. The van der Waals surface area contributed by atoms with E-state index in [1.165, 1.54) is 32.3 Å². The van der Waals surface area contributed by atoms with Crippen molar-refractivity contribution in [2.24, 2.45) is 0 Å². The molecule has 2 heterocycles. The summed E-state index contributed by atoms with van der Waals surface area (Å²) in [6.07, 6.45) is 0. The number of aromatic nitrogens is 2. The van der Waals surface area contributed by atoms with Crippen LogP contribution in [-0.2, 0) is 0 Å². The van der Waals surface area contributed by atoms with Crippen LogP contribution in [0.5, 0.6) is 0 Å². The number of benzene rings is 5. The quantitative estimate of drug-likeness (QED) is 0.170. The Balaban J connectivity index is 1.51. The van der Waals surface area contributed by atoms with Gasteiger partial charge in [0.25, 0.3) is 0 Å². The second-order valence-electron chi connectivity index (χ2n) is 13.7. The Morgan fingerprint density at radius 3 is 1.98 bits per heavy atom. The summed E-state index contributed by atoms with van der Waals surface area (Å²) in [4.78, 5) is 5.30. The second kappa shape index (κ2) is 10.8. The molecule has 220 valence electrons. The molecule has 0 saturated carbocycles. The molecule has 2 aromatic heterocycles. The molecule has 44 heavy (non-hydrogen) atoms. The van der Waals surface area contributed by atoms with Crippen molar-refractivity contribution in [1.29, 1.82) is 0 Å². The second-order valence-corrected chi connectivity index (χ2v) is 24.4. The molecule has 4 heteroatoms. The van der Waals surface area contributed by atoms with Crippen LogP contribution in [0.1, 0.15) is 50.7 Å². The van der Waals surface area contributed by atoms with Crippen LogP contribution in [0.2, 0.25) is 17.3 Å². The average Bonchev–Trinajstić information content (AvgIpc) is 3.58. The van der Waals surface area contributed by atoms with Crippen molar-refractivity contribution in [2.75, 3.05) is 0 Å². The Bertz CT molecular complexity index is 2130. The standard InChI is InChI=1S/C40H40GeN2O/c1-25(2)32-22-29(27-13-9-8-10-14-27)23-33(26(3)4)39(32)43-36-16-12-11-15-35(36)42-40(43)28-17-20-37-34(21-28)31-19-18-30(41(5,6)7)24-38(31)44-37/h8-26H,1-7H3. The number of nitrogens with zero attached hydrogens (tertiary/aromatic N) is 2. The molecule has 0 fully saturated rings. The van der Waals surface area contributed by atoms with Gasteiger partial charge >= 0.3 is 195 Å². The van der Waals surface area contributed by atoms with E-state index in [2.05, 4.69) is 153 Å².